The molecule has 3 aromatic rings. The quantitative estimate of drug-likeness (QED) is 0.294. The first kappa shape index (κ1) is 28.4. The van der Waals surface area contributed by atoms with Gasteiger partial charge in [0.1, 0.15) is 17.3 Å². The van der Waals surface area contributed by atoms with E-state index in [4.69, 9.17) is 14.7 Å². The zero-order chi connectivity index (χ0) is 20.2. The molecule has 0 fully saturated rings. The van der Waals surface area contributed by atoms with Crippen molar-refractivity contribution < 1.29 is 30.1 Å². The van der Waals surface area contributed by atoms with E-state index in [-0.39, 0.29) is 35.7 Å². The minimum Gasteiger partial charge on any atom is -0.507 e. The van der Waals surface area contributed by atoms with Gasteiger partial charge in [0, 0.05) is 21.3 Å². The van der Waals surface area contributed by atoms with Crippen molar-refractivity contribution in [1.29, 1.82) is 0 Å². The highest BCUT2D eigenvalue weighted by atomic mass is 79.9. The summed E-state index contributed by atoms with van der Waals surface area (Å²) in [7, 11) is 0. The second-order valence-electron chi connectivity index (χ2n) is 4.69. The number of aromatic amines is 1. The molecule has 0 saturated heterocycles. The van der Waals surface area contributed by atoms with Crippen LogP contribution in [0.25, 0.3) is 11.4 Å². The second kappa shape index (κ2) is 15.1. The molecule has 0 aliphatic carbocycles. The van der Waals surface area contributed by atoms with Gasteiger partial charge < -0.3 is 26.8 Å². The standard InChI is InChI=1S/C9H7BrN2O.C7H5BrO2.C2H2O2.H3N.H2O/c10-6-1-2-8(13)7(5-6)9-11-3-4-12-9;8-6-1-2-7(10)5(3-6)4-9;3-1-2-4;;/h1-5,13H,(H,11,12);1-4,10H;1-2H;1H3;1H2. The van der Waals surface area contributed by atoms with E-state index >= 15 is 0 Å². The summed E-state index contributed by atoms with van der Waals surface area (Å²) in [5.41, 5.74) is 0.994. The Labute approximate surface area is 183 Å². The van der Waals surface area contributed by atoms with E-state index in [0.29, 0.717) is 23.2 Å². The van der Waals surface area contributed by atoms with E-state index in [1.54, 1.807) is 36.7 Å². The third kappa shape index (κ3) is 9.76. The molecule has 0 unspecified atom stereocenters. The van der Waals surface area contributed by atoms with Crippen LogP contribution in [-0.4, -0.2) is 44.5 Å². The third-order valence-corrected chi connectivity index (χ3v) is 3.87. The molecule has 0 amide bonds. The normalized spacial score (nSPS) is 8.48. The number of aldehydes is 3. The molecule has 0 saturated carbocycles. The molecule has 11 heteroatoms. The van der Waals surface area contributed by atoms with Crippen molar-refractivity contribution in [2.24, 2.45) is 0 Å². The van der Waals surface area contributed by atoms with Crippen LogP contribution < -0.4 is 6.15 Å². The lowest BCUT2D eigenvalue weighted by molar-refractivity contribution is -0.122. The minimum atomic E-state index is 0. The number of halogens is 2. The van der Waals surface area contributed by atoms with Crippen molar-refractivity contribution in [3.05, 3.63) is 63.3 Å². The van der Waals surface area contributed by atoms with Gasteiger partial charge in [-0.25, -0.2) is 4.98 Å². The molecule has 29 heavy (non-hydrogen) atoms. The molecule has 1 aromatic heterocycles. The Morgan fingerprint density at radius 3 is 1.90 bits per heavy atom. The fraction of sp³-hybridized carbons (Fsp3) is 0. The maximum absolute atomic E-state index is 10.2. The monoisotopic (exact) mass is 531 g/mol. The first-order chi connectivity index (χ1) is 12.9. The van der Waals surface area contributed by atoms with Crippen LogP contribution in [0.4, 0.5) is 0 Å². The average Bonchev–Trinajstić information content (AvgIpc) is 3.21. The van der Waals surface area contributed by atoms with Gasteiger partial charge in [-0.2, -0.15) is 0 Å². The van der Waals surface area contributed by atoms with Crippen molar-refractivity contribution in [3.8, 4) is 22.9 Å². The summed E-state index contributed by atoms with van der Waals surface area (Å²) in [4.78, 5) is 34.8. The fourth-order valence-corrected chi connectivity index (χ4v) is 2.47. The molecule has 156 valence electrons. The highest BCUT2D eigenvalue weighted by Crippen LogP contribution is 2.29. The topological polar surface area (TPSA) is 187 Å². The van der Waals surface area contributed by atoms with Crippen LogP contribution in [0, 0.1) is 0 Å². The summed E-state index contributed by atoms with van der Waals surface area (Å²) < 4.78 is 1.70. The van der Waals surface area contributed by atoms with Gasteiger partial charge in [-0.1, -0.05) is 31.9 Å². The Kier molecular flexibility index (Phi) is 14.8. The molecule has 0 atom stereocenters. The van der Waals surface area contributed by atoms with Crippen LogP contribution in [0.3, 0.4) is 0 Å². The Balaban J connectivity index is 0. The Bertz CT molecular complexity index is 899. The molecule has 0 bridgehead atoms. The van der Waals surface area contributed by atoms with E-state index in [1.807, 2.05) is 6.07 Å². The van der Waals surface area contributed by atoms with E-state index < -0.39 is 0 Å². The molecule has 0 aliphatic rings. The molecule has 1 heterocycles. The van der Waals surface area contributed by atoms with Crippen LogP contribution in [-0.2, 0) is 9.59 Å². The van der Waals surface area contributed by atoms with Gasteiger partial charge in [0.05, 0.1) is 11.1 Å². The lowest BCUT2D eigenvalue weighted by atomic mass is 10.2. The van der Waals surface area contributed by atoms with Crippen LogP contribution in [0.15, 0.2) is 57.7 Å². The summed E-state index contributed by atoms with van der Waals surface area (Å²) in [6.45, 7) is 0. The van der Waals surface area contributed by atoms with Gasteiger partial charge in [0.25, 0.3) is 0 Å². The summed E-state index contributed by atoms with van der Waals surface area (Å²) in [5, 5.41) is 18.5. The number of imidazole rings is 1. The van der Waals surface area contributed by atoms with Gasteiger partial charge in [0.15, 0.2) is 18.9 Å². The average molecular weight is 533 g/mol. The molecule has 0 spiro atoms. The number of H-pyrrole nitrogens is 1. The Morgan fingerprint density at radius 1 is 0.897 bits per heavy atom. The van der Waals surface area contributed by atoms with Crippen molar-refractivity contribution in [2.45, 2.75) is 0 Å². The lowest BCUT2D eigenvalue weighted by Crippen LogP contribution is -1.81. The number of phenolic OH excluding ortho intramolecular Hbond substituents is 2. The summed E-state index contributed by atoms with van der Waals surface area (Å²) in [6.07, 6.45) is 4.37. The number of nitrogens with zero attached hydrogens (tertiary/aromatic N) is 1. The molecule has 0 aliphatic heterocycles. The number of nitrogens with one attached hydrogen (secondary N) is 1. The van der Waals surface area contributed by atoms with Gasteiger partial charge in [0.2, 0.25) is 0 Å². The lowest BCUT2D eigenvalue weighted by Gasteiger charge is -2.00. The summed E-state index contributed by atoms with van der Waals surface area (Å²) in [5.74, 6) is 0.898. The maximum Gasteiger partial charge on any atom is 0.182 e. The molecule has 8 N–H and O–H groups in total. The number of carbonyl (C=O) groups excluding carboxylic acids is 3. The van der Waals surface area contributed by atoms with Crippen molar-refractivity contribution in [1.82, 2.24) is 16.1 Å². The smallest absolute Gasteiger partial charge is 0.182 e. The molecule has 2 aromatic carbocycles. The van der Waals surface area contributed by atoms with E-state index in [1.165, 1.54) is 6.07 Å². The fourth-order valence-electron chi connectivity index (χ4n) is 1.73. The number of phenols is 2. The third-order valence-electron chi connectivity index (χ3n) is 2.88. The minimum absolute atomic E-state index is 0. The molecule has 3 rings (SSSR count). The molecular formula is C18H19Br2N3O6. The van der Waals surface area contributed by atoms with Crippen molar-refractivity contribution in [2.75, 3.05) is 0 Å². The number of aromatic nitrogens is 2. The van der Waals surface area contributed by atoms with E-state index in [0.717, 1.165) is 8.95 Å². The van der Waals surface area contributed by atoms with Crippen LogP contribution in [0.5, 0.6) is 11.5 Å². The van der Waals surface area contributed by atoms with Gasteiger partial charge in [-0.15, -0.1) is 0 Å². The van der Waals surface area contributed by atoms with E-state index in [2.05, 4.69) is 41.8 Å². The summed E-state index contributed by atoms with van der Waals surface area (Å²) >= 11 is 6.50. The van der Waals surface area contributed by atoms with Gasteiger partial charge in [-0.3, -0.25) is 14.4 Å². The van der Waals surface area contributed by atoms with Gasteiger partial charge in [-0.05, 0) is 36.4 Å². The number of aromatic hydroxyl groups is 2. The first-order valence-corrected chi connectivity index (χ1v) is 8.82. The number of rotatable bonds is 3. The number of benzene rings is 2. The Morgan fingerprint density at radius 2 is 1.45 bits per heavy atom. The predicted molar refractivity (Wildman–Crippen MR) is 115 cm³/mol. The number of hydrogen-bond acceptors (Lipinski definition) is 7. The largest absolute Gasteiger partial charge is 0.507 e. The summed E-state index contributed by atoms with van der Waals surface area (Å²) in [6, 6.07) is 9.91. The number of hydrogen-bond donors (Lipinski definition) is 4. The Hall–Kier alpha value is -2.86. The highest BCUT2D eigenvalue weighted by Gasteiger charge is 2.05. The maximum atomic E-state index is 10.2. The highest BCUT2D eigenvalue weighted by molar-refractivity contribution is 9.10. The van der Waals surface area contributed by atoms with Crippen LogP contribution >= 0.6 is 31.9 Å². The van der Waals surface area contributed by atoms with E-state index in [9.17, 15) is 9.90 Å². The first-order valence-electron chi connectivity index (χ1n) is 7.23. The predicted octanol–water partition coefficient (Wildman–Crippen LogP) is 3.23. The zero-order valence-corrected chi connectivity index (χ0v) is 18.1. The SMILES string of the molecule is N.O.O=CC=O.O=Cc1cc(Br)ccc1O.Oc1ccc(Br)cc1-c1ncc[nH]1. The van der Waals surface area contributed by atoms with Crippen LogP contribution in [0.1, 0.15) is 10.4 Å². The second-order valence-corrected chi connectivity index (χ2v) is 6.52. The number of carbonyl (C=O) groups is 3. The van der Waals surface area contributed by atoms with Gasteiger partial charge >= 0.3 is 0 Å². The molecule has 9 nitrogen and oxygen atoms in total. The van der Waals surface area contributed by atoms with Crippen molar-refractivity contribution in [3.63, 3.8) is 0 Å². The van der Waals surface area contributed by atoms with Crippen molar-refractivity contribution >= 4 is 50.7 Å². The molecule has 0 radical (unpaired) electrons. The van der Waals surface area contributed by atoms with Crippen LogP contribution in [0.2, 0.25) is 0 Å². The molecular weight excluding hydrogens is 514 g/mol. The zero-order valence-electron chi connectivity index (χ0n) is 14.9.